The number of piperazine rings is 1. The zero-order valence-corrected chi connectivity index (χ0v) is 23.4. The zero-order valence-electron chi connectivity index (χ0n) is 21.0. The Hall–Kier alpha value is -3.59. The van der Waals surface area contributed by atoms with Crippen molar-refractivity contribution in [2.75, 3.05) is 41.3 Å². The largest absolute Gasteiger partial charge is 0.478 e. The van der Waals surface area contributed by atoms with Crippen molar-refractivity contribution in [1.82, 2.24) is 4.98 Å². The van der Waals surface area contributed by atoms with Gasteiger partial charge in [-0.05, 0) is 55.0 Å². The zero-order chi connectivity index (χ0) is 25.2. The number of nitrogens with one attached hydrogen (secondary N) is 1. The first-order valence-corrected chi connectivity index (χ1v) is 11.7. The minimum Gasteiger partial charge on any atom is -0.478 e. The number of aromatic nitrogens is 1. The van der Waals surface area contributed by atoms with Gasteiger partial charge in [0.25, 0.3) is 5.91 Å². The lowest BCUT2D eigenvalue weighted by atomic mass is 10.1. The Labute approximate surface area is 244 Å². The Balaban J connectivity index is 0.00000178. The summed E-state index contributed by atoms with van der Waals surface area (Å²) in [6, 6.07) is 20.6. The fourth-order valence-corrected chi connectivity index (χ4v) is 4.54. The maximum Gasteiger partial charge on any atom is 0.336 e. The Morgan fingerprint density at radius 3 is 2.15 bits per heavy atom. The van der Waals surface area contributed by atoms with Gasteiger partial charge in [0.15, 0.2) is 0 Å². The number of aryl methyl sites for hydroxylation is 1. The van der Waals surface area contributed by atoms with E-state index < -0.39 is 5.97 Å². The number of hydrogen-bond acceptors (Lipinski definition) is 5. The summed E-state index contributed by atoms with van der Waals surface area (Å²) in [5.41, 5.74) is 3.10. The van der Waals surface area contributed by atoms with Crippen LogP contribution < -0.4 is 15.1 Å². The van der Waals surface area contributed by atoms with Gasteiger partial charge >= 0.3 is 5.97 Å². The van der Waals surface area contributed by atoms with Crippen LogP contribution in [0.2, 0.25) is 0 Å². The summed E-state index contributed by atoms with van der Waals surface area (Å²) in [6.45, 7) is 4.20. The molecule has 39 heavy (non-hydrogen) atoms. The van der Waals surface area contributed by atoms with Crippen LogP contribution in [0.25, 0.3) is 10.9 Å². The maximum atomic E-state index is 14.2. The molecule has 11 heteroatoms. The molecule has 0 spiro atoms. The van der Waals surface area contributed by atoms with Crippen molar-refractivity contribution in [1.29, 1.82) is 0 Å². The Kier molecular flexibility index (Phi) is 10.9. The number of anilines is 3. The molecule has 1 aliphatic rings. The van der Waals surface area contributed by atoms with Crippen LogP contribution in [0.3, 0.4) is 0 Å². The Morgan fingerprint density at radius 1 is 0.846 bits per heavy atom. The standard InChI is InChI=1S/C28H25FN4O3.3ClH/c1-18-6-2-3-7-20(18)27(34)30-19-10-11-24-21(16-19)22(28(35)36)17-26(31-24)33-14-12-32(13-15-33)25-9-5-4-8-23(25)29;;;/h2-11,16-17H,12-15H2,1H3,(H,30,34)(H,35,36);3*1H. The Bertz CT molecular complexity index is 1480. The van der Waals surface area contributed by atoms with Gasteiger partial charge in [0.2, 0.25) is 0 Å². The van der Waals surface area contributed by atoms with Crippen molar-refractivity contribution < 1.29 is 19.1 Å². The van der Waals surface area contributed by atoms with Crippen LogP contribution in [-0.2, 0) is 0 Å². The second-order valence-corrected chi connectivity index (χ2v) is 8.76. The van der Waals surface area contributed by atoms with Crippen molar-refractivity contribution in [2.24, 2.45) is 0 Å². The van der Waals surface area contributed by atoms with Crippen LogP contribution in [0.1, 0.15) is 26.3 Å². The number of para-hydroxylation sites is 1. The summed E-state index contributed by atoms with van der Waals surface area (Å²) in [5.74, 6) is -1.03. The fourth-order valence-electron chi connectivity index (χ4n) is 4.54. The number of rotatable bonds is 5. The number of amides is 1. The van der Waals surface area contributed by atoms with Crippen molar-refractivity contribution in [3.8, 4) is 0 Å². The molecule has 1 amide bonds. The number of pyridine rings is 1. The molecule has 0 radical (unpaired) electrons. The molecule has 0 saturated carbocycles. The number of aromatic carboxylic acids is 1. The third-order valence-corrected chi connectivity index (χ3v) is 6.47. The molecule has 0 atom stereocenters. The van der Waals surface area contributed by atoms with Crippen LogP contribution in [0, 0.1) is 12.7 Å². The molecule has 1 fully saturated rings. The minimum atomic E-state index is -1.07. The molecule has 4 aromatic rings. The van der Waals surface area contributed by atoms with Gasteiger partial charge in [-0.1, -0.05) is 30.3 Å². The van der Waals surface area contributed by atoms with Gasteiger partial charge in [-0.2, -0.15) is 0 Å². The number of carbonyl (C=O) groups excluding carboxylic acids is 1. The van der Waals surface area contributed by atoms with Crippen LogP contribution in [0.5, 0.6) is 0 Å². The average molecular weight is 594 g/mol. The van der Waals surface area contributed by atoms with E-state index >= 15 is 0 Å². The summed E-state index contributed by atoms with van der Waals surface area (Å²) >= 11 is 0. The minimum absolute atomic E-state index is 0. The molecule has 0 bridgehead atoms. The number of carbonyl (C=O) groups is 2. The quantitative estimate of drug-likeness (QED) is 0.286. The van der Waals surface area contributed by atoms with Crippen molar-refractivity contribution >= 4 is 77.2 Å². The van der Waals surface area contributed by atoms with Crippen LogP contribution in [0.4, 0.5) is 21.6 Å². The molecule has 2 heterocycles. The van der Waals surface area contributed by atoms with E-state index in [2.05, 4.69) is 5.32 Å². The topological polar surface area (TPSA) is 85.8 Å². The van der Waals surface area contributed by atoms with Gasteiger partial charge in [0.05, 0.1) is 16.8 Å². The van der Waals surface area contributed by atoms with Gasteiger partial charge in [0.1, 0.15) is 11.6 Å². The number of carboxylic acids is 1. The Morgan fingerprint density at radius 2 is 1.49 bits per heavy atom. The molecule has 206 valence electrons. The molecular formula is C28H28Cl3FN4O3. The molecule has 3 aromatic carbocycles. The molecule has 7 nitrogen and oxygen atoms in total. The highest BCUT2D eigenvalue weighted by Crippen LogP contribution is 2.28. The van der Waals surface area contributed by atoms with Gasteiger partial charge in [-0.3, -0.25) is 4.79 Å². The first-order valence-electron chi connectivity index (χ1n) is 11.7. The molecule has 1 saturated heterocycles. The average Bonchev–Trinajstić information content (AvgIpc) is 2.88. The molecule has 0 unspecified atom stereocenters. The monoisotopic (exact) mass is 592 g/mol. The summed E-state index contributed by atoms with van der Waals surface area (Å²) < 4.78 is 14.2. The highest BCUT2D eigenvalue weighted by atomic mass is 35.5. The second kappa shape index (κ2) is 13.5. The lowest BCUT2D eigenvalue weighted by Crippen LogP contribution is -2.47. The predicted molar refractivity (Wildman–Crippen MR) is 160 cm³/mol. The number of halogens is 4. The lowest BCUT2D eigenvalue weighted by Gasteiger charge is -2.37. The summed E-state index contributed by atoms with van der Waals surface area (Å²) in [7, 11) is 0. The maximum absolute atomic E-state index is 14.2. The molecular weight excluding hydrogens is 566 g/mol. The number of nitrogens with zero attached hydrogens (tertiary/aromatic N) is 3. The normalized spacial score (nSPS) is 12.6. The van der Waals surface area contributed by atoms with E-state index in [4.69, 9.17) is 4.98 Å². The number of fused-ring (bicyclic) bond motifs is 1. The number of hydrogen-bond donors (Lipinski definition) is 2. The highest BCUT2D eigenvalue weighted by molar-refractivity contribution is 6.08. The SMILES string of the molecule is Cc1ccccc1C(=O)Nc1ccc2nc(N3CCN(c4ccccc4F)CC3)cc(C(=O)O)c2c1.Cl.Cl.Cl. The van der Waals surface area contributed by atoms with E-state index in [1.807, 2.05) is 34.9 Å². The first-order chi connectivity index (χ1) is 17.4. The van der Waals surface area contributed by atoms with Gasteiger partial charge < -0.3 is 20.2 Å². The van der Waals surface area contributed by atoms with E-state index in [-0.39, 0.29) is 54.5 Å². The van der Waals surface area contributed by atoms with Gasteiger partial charge in [-0.25, -0.2) is 14.2 Å². The number of carboxylic acid groups (broad SMARTS) is 1. The highest BCUT2D eigenvalue weighted by Gasteiger charge is 2.22. The van der Waals surface area contributed by atoms with E-state index in [9.17, 15) is 19.1 Å². The van der Waals surface area contributed by atoms with E-state index in [1.165, 1.54) is 6.07 Å². The summed E-state index contributed by atoms with van der Waals surface area (Å²) in [6.07, 6.45) is 0. The molecule has 1 aliphatic heterocycles. The van der Waals surface area contributed by atoms with E-state index in [1.54, 1.807) is 48.5 Å². The van der Waals surface area contributed by atoms with E-state index in [0.29, 0.717) is 59.8 Å². The third-order valence-electron chi connectivity index (χ3n) is 6.47. The summed E-state index contributed by atoms with van der Waals surface area (Å²) in [4.78, 5) is 33.6. The van der Waals surface area contributed by atoms with Crippen LogP contribution in [0.15, 0.2) is 72.8 Å². The smallest absolute Gasteiger partial charge is 0.336 e. The van der Waals surface area contributed by atoms with Crippen molar-refractivity contribution in [3.05, 3.63) is 95.3 Å². The predicted octanol–water partition coefficient (Wildman–Crippen LogP) is 6.22. The van der Waals surface area contributed by atoms with Crippen molar-refractivity contribution in [2.45, 2.75) is 6.92 Å². The van der Waals surface area contributed by atoms with Crippen molar-refractivity contribution in [3.63, 3.8) is 0 Å². The summed E-state index contributed by atoms with van der Waals surface area (Å²) in [5, 5.41) is 13.2. The molecule has 5 rings (SSSR count). The second-order valence-electron chi connectivity index (χ2n) is 8.76. The first kappa shape index (κ1) is 31.6. The van der Waals surface area contributed by atoms with Gasteiger partial charge in [0, 0.05) is 42.8 Å². The molecule has 1 aromatic heterocycles. The van der Waals surface area contributed by atoms with Crippen LogP contribution in [-0.4, -0.2) is 48.1 Å². The van der Waals surface area contributed by atoms with E-state index in [0.717, 1.165) is 5.56 Å². The molecule has 0 aliphatic carbocycles. The number of benzene rings is 3. The van der Waals surface area contributed by atoms with Crippen LogP contribution >= 0.6 is 37.2 Å². The third kappa shape index (κ3) is 6.71. The fraction of sp³-hybridized carbons (Fsp3) is 0.179. The van der Waals surface area contributed by atoms with Gasteiger partial charge in [-0.15, -0.1) is 37.2 Å². The lowest BCUT2D eigenvalue weighted by molar-refractivity contribution is 0.0698. The molecule has 2 N–H and O–H groups in total.